The molecule has 0 bridgehead atoms. The van der Waals surface area contributed by atoms with Crippen LogP contribution >= 0.6 is 11.6 Å². The normalized spacial score (nSPS) is 11.8. The zero-order chi connectivity index (χ0) is 8.74. The van der Waals surface area contributed by atoms with Gasteiger partial charge in [0.05, 0.1) is 5.75 Å². The average molecular weight is 200 g/mol. The van der Waals surface area contributed by atoms with Crippen molar-refractivity contribution < 1.29 is 8.42 Å². The third-order valence-corrected chi connectivity index (χ3v) is 3.00. The monoisotopic (exact) mass is 199 g/mol. The van der Waals surface area contributed by atoms with Gasteiger partial charge in [-0.1, -0.05) is 13.3 Å². The van der Waals surface area contributed by atoms with Crippen LogP contribution in [0.4, 0.5) is 0 Å². The number of nitrogens with one attached hydrogen (secondary N) is 1. The summed E-state index contributed by atoms with van der Waals surface area (Å²) in [7, 11) is -3.09. The third kappa shape index (κ3) is 6.59. The van der Waals surface area contributed by atoms with Gasteiger partial charge in [0, 0.05) is 12.4 Å². The van der Waals surface area contributed by atoms with Gasteiger partial charge in [-0.25, -0.2) is 13.1 Å². The van der Waals surface area contributed by atoms with Gasteiger partial charge in [-0.15, -0.1) is 11.6 Å². The fourth-order valence-corrected chi connectivity index (χ4v) is 1.99. The Labute approximate surface area is 73.2 Å². The van der Waals surface area contributed by atoms with Gasteiger partial charge in [-0.05, 0) is 6.42 Å². The predicted molar refractivity (Wildman–Crippen MR) is 47.4 cm³/mol. The maximum atomic E-state index is 10.9. The van der Waals surface area contributed by atoms with Crippen molar-refractivity contribution >= 4 is 21.6 Å². The SMILES string of the molecule is CCCCNS(=O)(=O)CCCl. The zero-order valence-electron chi connectivity index (χ0n) is 6.64. The van der Waals surface area contributed by atoms with Crippen molar-refractivity contribution in [3.05, 3.63) is 0 Å². The lowest BCUT2D eigenvalue weighted by Crippen LogP contribution is -2.27. The molecule has 3 nitrogen and oxygen atoms in total. The topological polar surface area (TPSA) is 46.2 Å². The predicted octanol–water partition coefficient (Wildman–Crippen LogP) is 0.945. The van der Waals surface area contributed by atoms with Gasteiger partial charge in [-0.2, -0.15) is 0 Å². The van der Waals surface area contributed by atoms with Crippen LogP contribution in [0.2, 0.25) is 0 Å². The molecule has 0 amide bonds. The lowest BCUT2D eigenvalue weighted by Gasteiger charge is -2.02. The van der Waals surface area contributed by atoms with E-state index in [1.54, 1.807) is 0 Å². The van der Waals surface area contributed by atoms with Gasteiger partial charge in [-0.3, -0.25) is 0 Å². The fraction of sp³-hybridized carbons (Fsp3) is 1.00. The smallest absolute Gasteiger partial charge is 0.212 e. The minimum Gasteiger partial charge on any atom is -0.215 e. The second-order valence-electron chi connectivity index (χ2n) is 2.26. The maximum Gasteiger partial charge on any atom is 0.212 e. The Morgan fingerprint density at radius 3 is 2.55 bits per heavy atom. The molecule has 0 saturated carbocycles. The number of sulfonamides is 1. The van der Waals surface area contributed by atoms with Crippen molar-refractivity contribution in [2.75, 3.05) is 18.2 Å². The number of hydrogen-bond acceptors (Lipinski definition) is 2. The quantitative estimate of drug-likeness (QED) is 0.512. The Bertz CT molecular complexity index is 179. The lowest BCUT2D eigenvalue weighted by atomic mass is 10.3. The van der Waals surface area contributed by atoms with E-state index in [1.807, 2.05) is 6.92 Å². The minimum atomic E-state index is -3.09. The zero-order valence-corrected chi connectivity index (χ0v) is 8.21. The summed E-state index contributed by atoms with van der Waals surface area (Å²) >= 11 is 5.28. The molecule has 0 aliphatic heterocycles. The van der Waals surface area contributed by atoms with Gasteiger partial charge in [0.15, 0.2) is 0 Å². The number of hydrogen-bond donors (Lipinski definition) is 1. The Hall–Kier alpha value is 0.200. The van der Waals surface area contributed by atoms with Crippen molar-refractivity contribution in [3.8, 4) is 0 Å². The van der Waals surface area contributed by atoms with Gasteiger partial charge < -0.3 is 0 Å². The van der Waals surface area contributed by atoms with Crippen LogP contribution in [0.5, 0.6) is 0 Å². The molecule has 11 heavy (non-hydrogen) atoms. The highest BCUT2D eigenvalue weighted by atomic mass is 35.5. The molecule has 1 N–H and O–H groups in total. The second kappa shape index (κ2) is 5.80. The molecule has 0 aliphatic rings. The summed E-state index contributed by atoms with van der Waals surface area (Å²) in [5.74, 6) is 0.166. The van der Waals surface area contributed by atoms with Crippen LogP contribution in [0.1, 0.15) is 19.8 Å². The Morgan fingerprint density at radius 2 is 2.09 bits per heavy atom. The first-order chi connectivity index (χ1) is 5.12. The van der Waals surface area contributed by atoms with Crippen LogP contribution in [-0.2, 0) is 10.0 Å². The molecule has 0 aliphatic carbocycles. The minimum absolute atomic E-state index is 0.0122. The van der Waals surface area contributed by atoms with E-state index in [2.05, 4.69) is 4.72 Å². The van der Waals surface area contributed by atoms with Crippen LogP contribution in [0, 0.1) is 0 Å². The van der Waals surface area contributed by atoms with Gasteiger partial charge in [0.1, 0.15) is 0 Å². The van der Waals surface area contributed by atoms with Crippen molar-refractivity contribution in [3.63, 3.8) is 0 Å². The molecule has 0 aromatic carbocycles. The first-order valence-electron chi connectivity index (χ1n) is 3.65. The molecule has 0 unspecified atom stereocenters. The fourth-order valence-electron chi connectivity index (χ4n) is 0.578. The maximum absolute atomic E-state index is 10.9. The van der Waals surface area contributed by atoms with Crippen LogP contribution < -0.4 is 4.72 Å². The van der Waals surface area contributed by atoms with Crippen LogP contribution in [0.15, 0.2) is 0 Å². The van der Waals surface area contributed by atoms with Gasteiger partial charge in [0.2, 0.25) is 10.0 Å². The first-order valence-corrected chi connectivity index (χ1v) is 5.84. The number of unbranched alkanes of at least 4 members (excludes halogenated alkanes) is 1. The molecule has 5 heteroatoms. The number of alkyl halides is 1. The molecule has 0 aromatic rings. The van der Waals surface area contributed by atoms with E-state index in [0.717, 1.165) is 12.8 Å². The molecule has 0 radical (unpaired) electrons. The summed E-state index contributed by atoms with van der Waals surface area (Å²) in [5, 5.41) is 0. The second-order valence-corrected chi connectivity index (χ2v) is 4.56. The highest BCUT2D eigenvalue weighted by Gasteiger charge is 2.06. The van der Waals surface area contributed by atoms with Crippen LogP contribution in [0.3, 0.4) is 0 Å². The third-order valence-electron chi connectivity index (χ3n) is 1.20. The van der Waals surface area contributed by atoms with Crippen molar-refractivity contribution in [1.82, 2.24) is 4.72 Å². The first kappa shape index (κ1) is 11.2. The number of halogens is 1. The summed E-state index contributed by atoms with van der Waals surface area (Å²) in [6.07, 6.45) is 1.87. The van der Waals surface area contributed by atoms with Gasteiger partial charge in [0.25, 0.3) is 0 Å². The van der Waals surface area contributed by atoms with E-state index in [1.165, 1.54) is 0 Å². The van der Waals surface area contributed by atoms with Crippen molar-refractivity contribution in [2.24, 2.45) is 0 Å². The largest absolute Gasteiger partial charge is 0.215 e. The van der Waals surface area contributed by atoms with E-state index >= 15 is 0 Å². The highest BCUT2D eigenvalue weighted by molar-refractivity contribution is 7.89. The van der Waals surface area contributed by atoms with Gasteiger partial charge >= 0.3 is 0 Å². The summed E-state index contributed by atoms with van der Waals surface area (Å²) in [5.41, 5.74) is 0. The lowest BCUT2D eigenvalue weighted by molar-refractivity contribution is 0.580. The molecule has 0 spiro atoms. The highest BCUT2D eigenvalue weighted by Crippen LogP contribution is 1.89. The van der Waals surface area contributed by atoms with E-state index in [9.17, 15) is 8.42 Å². The van der Waals surface area contributed by atoms with E-state index in [-0.39, 0.29) is 11.6 Å². The number of rotatable bonds is 6. The Kier molecular flexibility index (Phi) is 5.91. The van der Waals surface area contributed by atoms with Crippen molar-refractivity contribution in [2.45, 2.75) is 19.8 Å². The molecule has 0 fully saturated rings. The molecule has 0 atom stereocenters. The van der Waals surface area contributed by atoms with E-state index < -0.39 is 10.0 Å². The molecule has 68 valence electrons. The standard InChI is InChI=1S/C6H14ClNO2S/c1-2-3-5-8-11(9,10)6-4-7/h8H,2-6H2,1H3. The average Bonchev–Trinajstić information content (AvgIpc) is 1.87. The van der Waals surface area contributed by atoms with E-state index in [4.69, 9.17) is 11.6 Å². The summed E-state index contributed by atoms with van der Waals surface area (Å²) in [6.45, 7) is 2.53. The molecular formula is C6H14ClNO2S. The molecule has 0 aromatic heterocycles. The molecule has 0 saturated heterocycles. The Morgan fingerprint density at radius 1 is 1.45 bits per heavy atom. The van der Waals surface area contributed by atoms with Crippen LogP contribution in [-0.4, -0.2) is 26.6 Å². The van der Waals surface area contributed by atoms with Crippen LogP contribution in [0.25, 0.3) is 0 Å². The summed E-state index contributed by atoms with van der Waals surface area (Å²) in [4.78, 5) is 0. The van der Waals surface area contributed by atoms with Crippen molar-refractivity contribution in [1.29, 1.82) is 0 Å². The summed E-state index contributed by atoms with van der Waals surface area (Å²) in [6, 6.07) is 0. The Balaban J connectivity index is 3.56. The molecule has 0 heterocycles. The molecular weight excluding hydrogens is 186 g/mol. The van der Waals surface area contributed by atoms with E-state index in [0.29, 0.717) is 6.54 Å². The summed E-state index contributed by atoms with van der Waals surface area (Å²) < 4.78 is 24.3. The molecule has 0 rings (SSSR count).